The Kier molecular flexibility index (Phi) is 6.84. The average Bonchev–Trinajstić information content (AvgIpc) is 3.20. The molecule has 3 aliphatic heterocycles. The number of halogens is 2. The van der Waals surface area contributed by atoms with Crippen LogP contribution in [0.25, 0.3) is 0 Å². The molecule has 0 spiro atoms. The second-order valence-corrected chi connectivity index (χ2v) is 11.7. The molecule has 1 unspecified atom stereocenters. The van der Waals surface area contributed by atoms with Crippen molar-refractivity contribution in [2.45, 2.75) is 61.4 Å². The average molecular weight is 532 g/mol. The zero-order chi connectivity index (χ0) is 26.3. The number of hydrogen-bond donors (Lipinski definition) is 1. The van der Waals surface area contributed by atoms with E-state index >= 15 is 0 Å². The Morgan fingerprint density at radius 2 is 1.68 bits per heavy atom. The lowest BCUT2D eigenvalue weighted by Gasteiger charge is -2.32. The maximum Gasteiger partial charge on any atom is 0.341 e. The summed E-state index contributed by atoms with van der Waals surface area (Å²) in [6.45, 7) is 2.59. The molecular weight excluding hydrogens is 504 g/mol. The monoisotopic (exact) mass is 531 g/mol. The molecule has 0 bridgehead atoms. The molecule has 1 atom stereocenters. The molecule has 1 N–H and O–H groups in total. The van der Waals surface area contributed by atoms with Gasteiger partial charge in [-0.2, -0.15) is 8.78 Å². The molecule has 8 nitrogen and oxygen atoms in total. The first kappa shape index (κ1) is 25.5. The maximum absolute atomic E-state index is 12.9. The first-order valence-corrected chi connectivity index (χ1v) is 13.8. The summed E-state index contributed by atoms with van der Waals surface area (Å²) in [4.78, 5) is 40.1. The number of nitrogens with zero attached hydrogens (tertiary/aromatic N) is 2. The minimum Gasteiger partial charge on any atom is -0.322 e. The highest BCUT2D eigenvalue weighted by Gasteiger charge is 2.39. The van der Waals surface area contributed by atoms with Gasteiger partial charge in [0.05, 0.1) is 4.90 Å². The number of sulfone groups is 1. The Hall–Kier alpha value is -3.18. The van der Waals surface area contributed by atoms with Gasteiger partial charge in [-0.3, -0.25) is 24.6 Å². The second kappa shape index (κ2) is 9.94. The van der Waals surface area contributed by atoms with Gasteiger partial charge in [0.2, 0.25) is 21.7 Å². The highest BCUT2D eigenvalue weighted by molar-refractivity contribution is 7.91. The van der Waals surface area contributed by atoms with Gasteiger partial charge in [0.15, 0.2) is 0 Å². The van der Waals surface area contributed by atoms with Crippen LogP contribution in [0, 0.1) is 0 Å². The van der Waals surface area contributed by atoms with Crippen molar-refractivity contribution in [2.24, 2.45) is 0 Å². The molecule has 2 saturated heterocycles. The van der Waals surface area contributed by atoms with Crippen LogP contribution in [0.1, 0.15) is 58.6 Å². The first-order valence-electron chi connectivity index (χ1n) is 12.2. The number of carbonyl (C=O) groups is 3. The van der Waals surface area contributed by atoms with E-state index in [1.165, 1.54) is 12.1 Å². The molecule has 0 saturated carbocycles. The molecular formula is C26H27F2N3O5S. The van der Waals surface area contributed by atoms with Crippen molar-refractivity contribution in [1.29, 1.82) is 0 Å². The molecule has 2 aromatic carbocycles. The zero-order valence-corrected chi connectivity index (χ0v) is 20.8. The van der Waals surface area contributed by atoms with E-state index in [2.05, 4.69) is 16.3 Å². The Balaban J connectivity index is 1.19. The molecule has 3 aliphatic rings. The van der Waals surface area contributed by atoms with Crippen molar-refractivity contribution in [3.8, 4) is 0 Å². The minimum atomic E-state index is -4.59. The zero-order valence-electron chi connectivity index (χ0n) is 20.0. The van der Waals surface area contributed by atoms with E-state index in [-0.39, 0.29) is 23.1 Å². The Bertz CT molecular complexity index is 1340. The fourth-order valence-electron chi connectivity index (χ4n) is 5.42. The van der Waals surface area contributed by atoms with Crippen molar-refractivity contribution in [3.63, 3.8) is 0 Å². The molecule has 11 heteroatoms. The number of benzene rings is 2. The summed E-state index contributed by atoms with van der Waals surface area (Å²) in [6.07, 6.45) is 2.36. The van der Waals surface area contributed by atoms with Crippen LogP contribution >= 0.6 is 0 Å². The number of imide groups is 1. The molecule has 2 aromatic rings. The van der Waals surface area contributed by atoms with Gasteiger partial charge in [0.1, 0.15) is 6.04 Å². The maximum atomic E-state index is 12.9. The summed E-state index contributed by atoms with van der Waals surface area (Å²) in [6, 6.07) is 10.9. The van der Waals surface area contributed by atoms with Crippen molar-refractivity contribution in [2.75, 3.05) is 13.1 Å². The standard InChI is InChI=1S/C26H27F2N3O5S/c27-26(28)37(35,36)20-4-1-16(2-5-20)14-30-11-9-17(10-12-30)18-3-6-21-19(13-18)15-31(25(21)34)22-7-8-23(32)29-24(22)33/h1-6,13,17,22,26H,7-12,14-15H2,(H,29,32,33). The number of carbonyl (C=O) groups excluding carboxylic acids is 3. The summed E-state index contributed by atoms with van der Waals surface area (Å²) in [5, 5.41) is 2.32. The lowest BCUT2D eigenvalue weighted by Crippen LogP contribution is -2.52. The molecule has 0 aromatic heterocycles. The Morgan fingerprint density at radius 3 is 2.32 bits per heavy atom. The highest BCUT2D eigenvalue weighted by Crippen LogP contribution is 2.34. The van der Waals surface area contributed by atoms with Gasteiger partial charge < -0.3 is 4.90 Å². The molecule has 5 rings (SSSR count). The van der Waals surface area contributed by atoms with Gasteiger partial charge in [-0.1, -0.05) is 24.3 Å². The number of hydrogen-bond acceptors (Lipinski definition) is 6. The van der Waals surface area contributed by atoms with Crippen molar-refractivity contribution < 1.29 is 31.6 Å². The van der Waals surface area contributed by atoms with Crippen LogP contribution in [0.5, 0.6) is 0 Å². The number of amides is 3. The molecule has 2 fully saturated rings. The van der Waals surface area contributed by atoms with E-state index in [4.69, 9.17) is 0 Å². The second-order valence-electron chi connectivity index (χ2n) is 9.82. The summed E-state index contributed by atoms with van der Waals surface area (Å²) < 4.78 is 48.7. The number of nitrogens with one attached hydrogen (secondary N) is 1. The summed E-state index contributed by atoms with van der Waals surface area (Å²) >= 11 is 0. The summed E-state index contributed by atoms with van der Waals surface area (Å²) in [5.41, 5.74) is 3.51. The van der Waals surface area contributed by atoms with Gasteiger partial charge in [-0.05, 0) is 73.2 Å². The first-order chi connectivity index (χ1) is 17.6. The van der Waals surface area contributed by atoms with Crippen molar-refractivity contribution in [1.82, 2.24) is 15.1 Å². The molecule has 0 radical (unpaired) electrons. The van der Waals surface area contributed by atoms with E-state index in [9.17, 15) is 31.6 Å². The van der Waals surface area contributed by atoms with Crippen LogP contribution in [-0.2, 0) is 32.5 Å². The van der Waals surface area contributed by atoms with E-state index in [1.807, 2.05) is 12.1 Å². The topological polar surface area (TPSA) is 104 Å². The lowest BCUT2D eigenvalue weighted by molar-refractivity contribution is -0.136. The van der Waals surface area contributed by atoms with Gasteiger partial charge in [-0.25, -0.2) is 8.42 Å². The quantitative estimate of drug-likeness (QED) is 0.575. The molecule has 37 heavy (non-hydrogen) atoms. The molecule has 3 heterocycles. The van der Waals surface area contributed by atoms with Crippen LogP contribution in [-0.4, -0.2) is 60.8 Å². The van der Waals surface area contributed by atoms with Crippen LogP contribution < -0.4 is 5.32 Å². The number of likely N-dealkylation sites (tertiary alicyclic amines) is 1. The van der Waals surface area contributed by atoms with E-state index in [1.54, 1.807) is 17.0 Å². The van der Waals surface area contributed by atoms with E-state index in [0.29, 0.717) is 31.0 Å². The molecule has 0 aliphatic carbocycles. The van der Waals surface area contributed by atoms with Crippen LogP contribution in [0.2, 0.25) is 0 Å². The fourth-order valence-corrected chi connectivity index (χ4v) is 6.14. The van der Waals surface area contributed by atoms with Gasteiger partial charge in [-0.15, -0.1) is 0 Å². The highest BCUT2D eigenvalue weighted by atomic mass is 32.2. The van der Waals surface area contributed by atoms with E-state index < -0.39 is 27.5 Å². The van der Waals surface area contributed by atoms with Crippen LogP contribution in [0.4, 0.5) is 8.78 Å². The smallest absolute Gasteiger partial charge is 0.322 e. The SMILES string of the molecule is O=C1CCC(N2Cc3cc(C4CCN(Cc5ccc(S(=O)(=O)C(F)F)cc5)CC4)ccc3C2=O)C(=O)N1. The normalized spacial score (nSPS) is 21.4. The number of piperidine rings is 2. The predicted octanol–water partition coefficient (Wildman–Crippen LogP) is 2.82. The van der Waals surface area contributed by atoms with Gasteiger partial charge in [0.25, 0.3) is 5.91 Å². The third-order valence-corrected chi connectivity index (χ3v) is 8.90. The molecule has 3 amide bonds. The van der Waals surface area contributed by atoms with Gasteiger partial charge >= 0.3 is 5.76 Å². The molecule has 196 valence electrons. The summed E-state index contributed by atoms with van der Waals surface area (Å²) in [7, 11) is -4.59. The predicted molar refractivity (Wildman–Crippen MR) is 129 cm³/mol. The van der Waals surface area contributed by atoms with Gasteiger partial charge in [0, 0.05) is 25.1 Å². The lowest BCUT2D eigenvalue weighted by atomic mass is 9.87. The van der Waals surface area contributed by atoms with Crippen LogP contribution in [0.3, 0.4) is 0 Å². The van der Waals surface area contributed by atoms with Crippen LogP contribution in [0.15, 0.2) is 47.4 Å². The van der Waals surface area contributed by atoms with Crippen molar-refractivity contribution >= 4 is 27.6 Å². The summed E-state index contributed by atoms with van der Waals surface area (Å²) in [5.74, 6) is -4.03. The number of fused-ring (bicyclic) bond motifs is 1. The number of rotatable bonds is 6. The van der Waals surface area contributed by atoms with Crippen molar-refractivity contribution in [3.05, 3.63) is 64.7 Å². The Labute approximate surface area is 213 Å². The largest absolute Gasteiger partial charge is 0.341 e. The number of alkyl halides is 2. The minimum absolute atomic E-state index is 0.182. The third-order valence-electron chi connectivity index (χ3n) is 7.50. The fraction of sp³-hybridized carbons (Fsp3) is 0.423. The Morgan fingerprint density at radius 1 is 0.973 bits per heavy atom. The third kappa shape index (κ3) is 5.02. The van der Waals surface area contributed by atoms with E-state index in [0.717, 1.165) is 42.6 Å².